The number of aryl methyl sites for hydroxylation is 1. The summed E-state index contributed by atoms with van der Waals surface area (Å²) in [4.78, 5) is 4.72. The molecule has 2 aromatic rings. The third kappa shape index (κ3) is 2.33. The van der Waals surface area contributed by atoms with E-state index in [0.717, 1.165) is 36.3 Å². The molecule has 0 saturated carbocycles. The van der Waals surface area contributed by atoms with Crippen LogP contribution in [0.4, 0.5) is 0 Å². The summed E-state index contributed by atoms with van der Waals surface area (Å²) in [5.41, 5.74) is 3.42. The average Bonchev–Trinajstić information content (AvgIpc) is 3.04. The Hall–Kier alpha value is -1.06. The molecule has 0 N–H and O–H groups in total. The number of benzene rings is 1. The van der Waals surface area contributed by atoms with E-state index in [4.69, 9.17) is 21.3 Å². The van der Waals surface area contributed by atoms with Gasteiger partial charge < -0.3 is 9.30 Å². The molecule has 1 aliphatic rings. The Balaban J connectivity index is 2.14. The van der Waals surface area contributed by atoms with Crippen LogP contribution in [0.3, 0.4) is 0 Å². The predicted molar refractivity (Wildman–Crippen MR) is 82.4 cm³/mol. The van der Waals surface area contributed by atoms with Crippen LogP contribution in [0.5, 0.6) is 0 Å². The number of ether oxygens (including phenoxy) is 1. The van der Waals surface area contributed by atoms with Gasteiger partial charge in [-0.05, 0) is 51.3 Å². The Morgan fingerprint density at radius 3 is 2.85 bits per heavy atom. The van der Waals surface area contributed by atoms with Gasteiger partial charge in [0.2, 0.25) is 0 Å². The molecule has 0 aliphatic carbocycles. The number of fused-ring (bicyclic) bond motifs is 1. The quantitative estimate of drug-likeness (QED) is 0.785. The smallest absolute Gasteiger partial charge is 0.128 e. The molecule has 108 valence electrons. The maximum Gasteiger partial charge on any atom is 0.128 e. The van der Waals surface area contributed by atoms with Crippen molar-refractivity contribution in [1.82, 2.24) is 9.55 Å². The van der Waals surface area contributed by atoms with E-state index in [0.29, 0.717) is 0 Å². The van der Waals surface area contributed by atoms with Crippen molar-refractivity contribution in [3.05, 3.63) is 29.6 Å². The maximum atomic E-state index is 6.35. The molecule has 20 heavy (non-hydrogen) atoms. The standard InChI is InChI=1S/C16H21ClN2O/c1-10-6-7-13-14(9-10)19(16(18-13)11(2)17)12(3)15-5-4-8-20-15/h6-7,9,11-12,15H,4-5,8H2,1-3H3. The minimum atomic E-state index is -0.105. The van der Waals surface area contributed by atoms with Gasteiger partial charge in [0.15, 0.2) is 0 Å². The molecule has 3 nitrogen and oxygen atoms in total. The summed E-state index contributed by atoms with van der Waals surface area (Å²) in [7, 11) is 0. The van der Waals surface area contributed by atoms with Crippen molar-refractivity contribution in [3.63, 3.8) is 0 Å². The first kappa shape index (κ1) is 13.9. The van der Waals surface area contributed by atoms with Crippen molar-refractivity contribution in [3.8, 4) is 0 Å². The van der Waals surface area contributed by atoms with Crippen LogP contribution in [-0.2, 0) is 4.74 Å². The second kappa shape index (κ2) is 5.38. The summed E-state index contributed by atoms with van der Waals surface area (Å²) in [5, 5.41) is -0.105. The van der Waals surface area contributed by atoms with Gasteiger partial charge >= 0.3 is 0 Å². The van der Waals surface area contributed by atoms with Crippen LogP contribution in [0.2, 0.25) is 0 Å². The third-order valence-corrected chi connectivity index (χ3v) is 4.33. The fourth-order valence-electron chi connectivity index (χ4n) is 3.08. The van der Waals surface area contributed by atoms with E-state index in [1.165, 1.54) is 5.56 Å². The van der Waals surface area contributed by atoms with Crippen LogP contribution in [0.15, 0.2) is 18.2 Å². The highest BCUT2D eigenvalue weighted by Crippen LogP contribution is 2.33. The Morgan fingerprint density at radius 2 is 2.20 bits per heavy atom. The van der Waals surface area contributed by atoms with Gasteiger partial charge in [0.1, 0.15) is 5.82 Å². The van der Waals surface area contributed by atoms with Crippen LogP contribution in [0.25, 0.3) is 11.0 Å². The topological polar surface area (TPSA) is 27.1 Å². The first-order chi connectivity index (χ1) is 9.58. The van der Waals surface area contributed by atoms with E-state index in [-0.39, 0.29) is 17.5 Å². The molecule has 3 unspecified atom stereocenters. The van der Waals surface area contributed by atoms with Crippen LogP contribution >= 0.6 is 11.6 Å². The number of rotatable bonds is 3. The summed E-state index contributed by atoms with van der Waals surface area (Å²) in [6, 6.07) is 6.63. The van der Waals surface area contributed by atoms with Crippen molar-refractivity contribution >= 4 is 22.6 Å². The van der Waals surface area contributed by atoms with Crippen molar-refractivity contribution in [1.29, 1.82) is 0 Å². The molecule has 3 rings (SSSR count). The first-order valence-corrected chi connectivity index (χ1v) is 7.75. The highest BCUT2D eigenvalue weighted by atomic mass is 35.5. The number of nitrogens with zero attached hydrogens (tertiary/aromatic N) is 2. The molecule has 1 aromatic heterocycles. The van der Waals surface area contributed by atoms with Gasteiger partial charge in [0.05, 0.1) is 28.6 Å². The molecule has 0 radical (unpaired) electrons. The SMILES string of the molecule is Cc1ccc2nc(C(C)Cl)n(C(C)C3CCCO3)c2c1. The first-order valence-electron chi connectivity index (χ1n) is 7.32. The van der Waals surface area contributed by atoms with Gasteiger partial charge in [-0.25, -0.2) is 4.98 Å². The number of hydrogen-bond donors (Lipinski definition) is 0. The number of imidazole rings is 1. The summed E-state index contributed by atoms with van der Waals surface area (Å²) in [6.07, 6.45) is 2.52. The van der Waals surface area contributed by atoms with Gasteiger partial charge in [-0.1, -0.05) is 6.07 Å². The van der Waals surface area contributed by atoms with Crippen molar-refractivity contribution in [2.45, 2.75) is 51.1 Å². The van der Waals surface area contributed by atoms with Gasteiger partial charge in [0.25, 0.3) is 0 Å². The third-order valence-electron chi connectivity index (χ3n) is 4.14. The van der Waals surface area contributed by atoms with Crippen molar-refractivity contribution in [2.75, 3.05) is 6.61 Å². The van der Waals surface area contributed by atoms with E-state index >= 15 is 0 Å². The van der Waals surface area contributed by atoms with E-state index < -0.39 is 0 Å². The second-order valence-corrected chi connectivity index (χ2v) is 6.39. The Bertz CT molecular complexity index is 614. The zero-order valence-corrected chi connectivity index (χ0v) is 13.0. The Kier molecular flexibility index (Phi) is 3.74. The molecule has 1 saturated heterocycles. The van der Waals surface area contributed by atoms with E-state index in [1.807, 2.05) is 6.92 Å². The minimum Gasteiger partial charge on any atom is -0.376 e. The lowest BCUT2D eigenvalue weighted by atomic mass is 10.1. The number of halogens is 1. The normalized spacial score (nSPS) is 22.3. The van der Waals surface area contributed by atoms with Crippen molar-refractivity contribution < 1.29 is 4.74 Å². The molecule has 0 bridgehead atoms. The Morgan fingerprint density at radius 1 is 1.40 bits per heavy atom. The monoisotopic (exact) mass is 292 g/mol. The summed E-state index contributed by atoms with van der Waals surface area (Å²) in [6.45, 7) is 7.17. The molecule has 0 amide bonds. The highest BCUT2D eigenvalue weighted by molar-refractivity contribution is 6.20. The average molecular weight is 293 g/mol. The molecule has 3 atom stereocenters. The second-order valence-electron chi connectivity index (χ2n) is 5.74. The molecular formula is C16H21ClN2O. The zero-order valence-electron chi connectivity index (χ0n) is 12.3. The lowest BCUT2D eigenvalue weighted by Crippen LogP contribution is -2.22. The van der Waals surface area contributed by atoms with Crippen LogP contribution in [0, 0.1) is 6.92 Å². The molecule has 4 heteroatoms. The minimum absolute atomic E-state index is 0.105. The number of aromatic nitrogens is 2. The molecule has 2 heterocycles. The van der Waals surface area contributed by atoms with Gasteiger partial charge in [-0.15, -0.1) is 11.6 Å². The largest absolute Gasteiger partial charge is 0.376 e. The van der Waals surface area contributed by atoms with Crippen LogP contribution < -0.4 is 0 Å². The van der Waals surface area contributed by atoms with Gasteiger partial charge in [-0.3, -0.25) is 0 Å². The molecular weight excluding hydrogens is 272 g/mol. The molecule has 0 spiro atoms. The van der Waals surface area contributed by atoms with Crippen LogP contribution in [0.1, 0.15) is 49.5 Å². The zero-order chi connectivity index (χ0) is 14.3. The lowest BCUT2D eigenvalue weighted by Gasteiger charge is -2.23. The fourth-order valence-corrected chi connectivity index (χ4v) is 3.23. The maximum absolute atomic E-state index is 6.35. The number of hydrogen-bond acceptors (Lipinski definition) is 2. The van der Waals surface area contributed by atoms with Crippen LogP contribution in [-0.4, -0.2) is 22.3 Å². The lowest BCUT2D eigenvalue weighted by molar-refractivity contribution is 0.0736. The van der Waals surface area contributed by atoms with E-state index in [1.54, 1.807) is 0 Å². The molecule has 1 aliphatic heterocycles. The summed E-state index contributed by atoms with van der Waals surface area (Å²) >= 11 is 6.35. The van der Waals surface area contributed by atoms with Gasteiger partial charge in [0, 0.05) is 6.61 Å². The number of alkyl halides is 1. The van der Waals surface area contributed by atoms with E-state index in [9.17, 15) is 0 Å². The highest BCUT2D eigenvalue weighted by Gasteiger charge is 2.28. The van der Waals surface area contributed by atoms with Crippen molar-refractivity contribution in [2.24, 2.45) is 0 Å². The summed E-state index contributed by atoms with van der Waals surface area (Å²) < 4.78 is 8.13. The molecule has 1 aromatic carbocycles. The predicted octanol–water partition coefficient (Wildman–Crippen LogP) is 4.38. The van der Waals surface area contributed by atoms with E-state index in [2.05, 4.69) is 36.6 Å². The molecule has 1 fully saturated rings. The summed E-state index contributed by atoms with van der Waals surface area (Å²) in [5.74, 6) is 0.940. The Labute approximate surface area is 124 Å². The van der Waals surface area contributed by atoms with Gasteiger partial charge in [-0.2, -0.15) is 0 Å². The fraction of sp³-hybridized carbons (Fsp3) is 0.562.